The summed E-state index contributed by atoms with van der Waals surface area (Å²) in [5.41, 5.74) is 0.636. The van der Waals surface area contributed by atoms with E-state index < -0.39 is 0 Å². The van der Waals surface area contributed by atoms with Gasteiger partial charge in [-0.25, -0.2) is 9.37 Å². The molecule has 3 rings (SSSR count). The number of halogens is 1. The number of aromatic nitrogens is 2. The van der Waals surface area contributed by atoms with Crippen LogP contribution in [-0.4, -0.2) is 41.0 Å². The van der Waals surface area contributed by atoms with Gasteiger partial charge >= 0.3 is 0 Å². The molecule has 0 aliphatic carbocycles. The largest absolute Gasteiger partial charge is 0.370 e. The quantitative estimate of drug-likeness (QED) is 0.760. The number of hydrogen-bond donors (Lipinski definition) is 2. The molecule has 1 aliphatic rings. The van der Waals surface area contributed by atoms with Crippen molar-refractivity contribution < 1.29 is 4.39 Å². The van der Waals surface area contributed by atoms with E-state index in [4.69, 9.17) is 0 Å². The molecule has 0 spiro atoms. The van der Waals surface area contributed by atoms with Crippen LogP contribution in [-0.2, 0) is 0 Å². The van der Waals surface area contributed by atoms with Crippen molar-refractivity contribution in [3.63, 3.8) is 0 Å². The Balaban J connectivity index is 1.46. The molecular formula is C18H24FN5. The number of rotatable bonds is 7. The van der Waals surface area contributed by atoms with Gasteiger partial charge in [0.2, 0.25) is 5.95 Å². The fourth-order valence-corrected chi connectivity index (χ4v) is 2.91. The molecule has 2 heterocycles. The normalized spacial score (nSPS) is 15.2. The number of benzene rings is 1. The third kappa shape index (κ3) is 5.16. The summed E-state index contributed by atoms with van der Waals surface area (Å²) in [6, 6.07) is 8.11. The molecule has 0 radical (unpaired) electrons. The SMILES string of the molecule is Fc1cccc(Nc2nccc(NCCCN3CCCCC3)n2)c1. The predicted molar refractivity (Wildman–Crippen MR) is 95.1 cm³/mol. The van der Waals surface area contributed by atoms with Gasteiger partial charge in [0.05, 0.1) is 0 Å². The minimum atomic E-state index is -0.285. The predicted octanol–water partition coefficient (Wildman–Crippen LogP) is 3.65. The first-order chi connectivity index (χ1) is 11.8. The molecule has 2 N–H and O–H groups in total. The Morgan fingerprint density at radius 1 is 1.12 bits per heavy atom. The molecule has 1 fully saturated rings. The maximum absolute atomic E-state index is 13.2. The highest BCUT2D eigenvalue weighted by Gasteiger charge is 2.09. The molecule has 5 nitrogen and oxygen atoms in total. The Hall–Kier alpha value is -2.21. The van der Waals surface area contributed by atoms with Gasteiger partial charge in [0.25, 0.3) is 0 Å². The van der Waals surface area contributed by atoms with Crippen molar-refractivity contribution in [2.45, 2.75) is 25.7 Å². The summed E-state index contributed by atoms with van der Waals surface area (Å²) in [5, 5.41) is 6.35. The first-order valence-corrected chi connectivity index (χ1v) is 8.61. The van der Waals surface area contributed by atoms with E-state index in [2.05, 4.69) is 25.5 Å². The van der Waals surface area contributed by atoms with Gasteiger partial charge in [-0.2, -0.15) is 4.98 Å². The summed E-state index contributed by atoms with van der Waals surface area (Å²) in [7, 11) is 0. The fourth-order valence-electron chi connectivity index (χ4n) is 2.91. The van der Waals surface area contributed by atoms with Crippen molar-refractivity contribution in [2.75, 3.05) is 36.8 Å². The molecule has 0 saturated carbocycles. The molecule has 0 atom stereocenters. The lowest BCUT2D eigenvalue weighted by atomic mass is 10.1. The Bertz CT molecular complexity index is 643. The molecule has 1 aliphatic heterocycles. The van der Waals surface area contributed by atoms with Gasteiger partial charge in [0.1, 0.15) is 11.6 Å². The van der Waals surface area contributed by atoms with E-state index in [9.17, 15) is 4.39 Å². The number of nitrogens with zero attached hydrogens (tertiary/aromatic N) is 3. The van der Waals surface area contributed by atoms with E-state index in [1.807, 2.05) is 6.07 Å². The molecule has 24 heavy (non-hydrogen) atoms. The van der Waals surface area contributed by atoms with E-state index in [1.54, 1.807) is 18.3 Å². The van der Waals surface area contributed by atoms with Crippen LogP contribution in [0.4, 0.5) is 21.8 Å². The summed E-state index contributed by atoms with van der Waals surface area (Å²) in [6.07, 6.45) is 6.82. The summed E-state index contributed by atoms with van der Waals surface area (Å²) in [6.45, 7) is 4.48. The molecule has 0 bridgehead atoms. The summed E-state index contributed by atoms with van der Waals surface area (Å²) in [5.74, 6) is 0.955. The first kappa shape index (κ1) is 16.6. The second-order valence-corrected chi connectivity index (χ2v) is 6.08. The van der Waals surface area contributed by atoms with E-state index in [1.165, 1.54) is 44.5 Å². The van der Waals surface area contributed by atoms with E-state index in [0.717, 1.165) is 25.3 Å². The smallest absolute Gasteiger partial charge is 0.229 e. The molecule has 6 heteroatoms. The standard InChI is InChI=1S/C18H24FN5/c19-15-6-4-7-16(14-15)22-18-21-10-8-17(23-18)20-9-5-13-24-11-2-1-3-12-24/h4,6-8,10,14H,1-3,5,9,11-13H2,(H2,20,21,22,23). The third-order valence-electron chi connectivity index (χ3n) is 4.14. The average Bonchev–Trinajstić information content (AvgIpc) is 2.60. The zero-order valence-electron chi connectivity index (χ0n) is 13.8. The lowest BCUT2D eigenvalue weighted by Crippen LogP contribution is -2.31. The van der Waals surface area contributed by atoms with Crippen LogP contribution in [0.1, 0.15) is 25.7 Å². The molecular weight excluding hydrogens is 305 g/mol. The Morgan fingerprint density at radius 3 is 2.83 bits per heavy atom. The number of likely N-dealkylation sites (tertiary alicyclic amines) is 1. The van der Waals surface area contributed by atoms with Crippen LogP contribution >= 0.6 is 0 Å². The Labute approximate surface area is 142 Å². The lowest BCUT2D eigenvalue weighted by Gasteiger charge is -2.26. The van der Waals surface area contributed by atoms with Crippen molar-refractivity contribution in [2.24, 2.45) is 0 Å². The van der Waals surface area contributed by atoms with Crippen molar-refractivity contribution in [3.05, 3.63) is 42.3 Å². The molecule has 1 aromatic carbocycles. The Morgan fingerprint density at radius 2 is 2.00 bits per heavy atom. The van der Waals surface area contributed by atoms with Gasteiger partial charge in [0, 0.05) is 18.4 Å². The first-order valence-electron chi connectivity index (χ1n) is 8.61. The van der Waals surface area contributed by atoms with Gasteiger partial charge in [-0.3, -0.25) is 0 Å². The number of piperidine rings is 1. The molecule has 2 aromatic rings. The van der Waals surface area contributed by atoms with Crippen LogP contribution in [0.3, 0.4) is 0 Å². The summed E-state index contributed by atoms with van der Waals surface area (Å²) in [4.78, 5) is 11.1. The molecule has 1 saturated heterocycles. The zero-order chi connectivity index (χ0) is 16.6. The third-order valence-corrected chi connectivity index (χ3v) is 4.14. The van der Waals surface area contributed by atoms with Crippen molar-refractivity contribution in [1.29, 1.82) is 0 Å². The molecule has 0 amide bonds. The van der Waals surface area contributed by atoms with Gasteiger partial charge in [-0.1, -0.05) is 12.5 Å². The number of nitrogens with one attached hydrogen (secondary N) is 2. The second kappa shape index (κ2) is 8.59. The van der Waals surface area contributed by atoms with Crippen molar-refractivity contribution in [3.8, 4) is 0 Å². The highest BCUT2D eigenvalue weighted by atomic mass is 19.1. The lowest BCUT2D eigenvalue weighted by molar-refractivity contribution is 0.228. The maximum Gasteiger partial charge on any atom is 0.229 e. The van der Waals surface area contributed by atoms with Crippen LogP contribution in [0, 0.1) is 5.82 Å². The van der Waals surface area contributed by atoms with Crippen molar-refractivity contribution in [1.82, 2.24) is 14.9 Å². The second-order valence-electron chi connectivity index (χ2n) is 6.08. The monoisotopic (exact) mass is 329 g/mol. The van der Waals surface area contributed by atoms with Crippen LogP contribution in [0.2, 0.25) is 0 Å². The van der Waals surface area contributed by atoms with Gasteiger partial charge in [-0.15, -0.1) is 0 Å². The minimum absolute atomic E-state index is 0.285. The molecule has 1 aromatic heterocycles. The molecule has 0 unspecified atom stereocenters. The molecule has 128 valence electrons. The topological polar surface area (TPSA) is 53.1 Å². The van der Waals surface area contributed by atoms with Crippen LogP contribution in [0.15, 0.2) is 36.5 Å². The van der Waals surface area contributed by atoms with Gasteiger partial charge < -0.3 is 15.5 Å². The van der Waals surface area contributed by atoms with E-state index >= 15 is 0 Å². The fraction of sp³-hybridized carbons (Fsp3) is 0.444. The van der Waals surface area contributed by atoms with Crippen molar-refractivity contribution >= 4 is 17.5 Å². The van der Waals surface area contributed by atoms with Crippen LogP contribution in [0.25, 0.3) is 0 Å². The van der Waals surface area contributed by atoms with Gasteiger partial charge in [0.15, 0.2) is 0 Å². The highest BCUT2D eigenvalue weighted by Crippen LogP contribution is 2.15. The summed E-state index contributed by atoms with van der Waals surface area (Å²) >= 11 is 0. The summed E-state index contributed by atoms with van der Waals surface area (Å²) < 4.78 is 13.2. The minimum Gasteiger partial charge on any atom is -0.370 e. The maximum atomic E-state index is 13.2. The Kier molecular flexibility index (Phi) is 5.96. The van der Waals surface area contributed by atoms with Gasteiger partial charge in [-0.05, 0) is 63.2 Å². The van der Waals surface area contributed by atoms with E-state index in [0.29, 0.717) is 11.6 Å². The van der Waals surface area contributed by atoms with Crippen LogP contribution in [0.5, 0.6) is 0 Å². The average molecular weight is 329 g/mol. The van der Waals surface area contributed by atoms with Crippen LogP contribution < -0.4 is 10.6 Å². The van der Waals surface area contributed by atoms with E-state index in [-0.39, 0.29) is 5.82 Å². The highest BCUT2D eigenvalue weighted by molar-refractivity contribution is 5.54. The number of anilines is 3. The zero-order valence-corrected chi connectivity index (χ0v) is 13.8. The number of hydrogen-bond acceptors (Lipinski definition) is 5.